The Morgan fingerprint density at radius 2 is 1.84 bits per heavy atom. The van der Waals surface area contributed by atoms with Gasteiger partial charge in [-0.05, 0) is 63.4 Å². The minimum atomic E-state index is 0.269. The number of benzene rings is 1. The molecule has 0 heterocycles. The Morgan fingerprint density at radius 3 is 2.47 bits per heavy atom. The standard InChI is InChI=1S/C15H22Cl2N2/c1-10(14-9-11(16)3-8-15(14)17)19(2)13-6-4-12(18)5-7-13/h3,8-10,12-13H,4-7,18H2,1-2H3. The van der Waals surface area contributed by atoms with Gasteiger partial charge in [0.1, 0.15) is 0 Å². The van der Waals surface area contributed by atoms with Crippen LogP contribution in [-0.4, -0.2) is 24.0 Å². The van der Waals surface area contributed by atoms with Gasteiger partial charge in [-0.2, -0.15) is 0 Å². The number of rotatable bonds is 3. The fourth-order valence-corrected chi connectivity index (χ4v) is 3.34. The zero-order valence-electron chi connectivity index (χ0n) is 11.6. The third kappa shape index (κ3) is 3.63. The summed E-state index contributed by atoms with van der Waals surface area (Å²) in [6, 6.07) is 6.92. The predicted molar refractivity (Wildman–Crippen MR) is 82.9 cm³/mol. The van der Waals surface area contributed by atoms with Crippen molar-refractivity contribution in [1.82, 2.24) is 4.90 Å². The van der Waals surface area contributed by atoms with Crippen molar-refractivity contribution in [3.8, 4) is 0 Å². The van der Waals surface area contributed by atoms with Crippen LogP contribution in [-0.2, 0) is 0 Å². The molecule has 1 aromatic carbocycles. The fraction of sp³-hybridized carbons (Fsp3) is 0.600. The van der Waals surface area contributed by atoms with E-state index in [4.69, 9.17) is 28.9 Å². The first-order valence-electron chi connectivity index (χ1n) is 6.91. The van der Waals surface area contributed by atoms with E-state index >= 15 is 0 Å². The lowest BCUT2D eigenvalue weighted by Crippen LogP contribution is -2.39. The van der Waals surface area contributed by atoms with Gasteiger partial charge in [0.25, 0.3) is 0 Å². The second kappa shape index (κ2) is 6.45. The second-order valence-electron chi connectivity index (χ2n) is 5.58. The number of hydrogen-bond acceptors (Lipinski definition) is 2. The Labute approximate surface area is 125 Å². The fourth-order valence-electron chi connectivity index (χ4n) is 2.88. The van der Waals surface area contributed by atoms with Gasteiger partial charge in [-0.25, -0.2) is 0 Å². The lowest BCUT2D eigenvalue weighted by Gasteiger charge is -2.37. The highest BCUT2D eigenvalue weighted by molar-refractivity contribution is 6.33. The number of nitrogens with zero attached hydrogens (tertiary/aromatic N) is 1. The average Bonchev–Trinajstić information content (AvgIpc) is 2.41. The van der Waals surface area contributed by atoms with Crippen molar-refractivity contribution < 1.29 is 0 Å². The van der Waals surface area contributed by atoms with Crippen molar-refractivity contribution in [3.05, 3.63) is 33.8 Å². The molecule has 1 aromatic rings. The van der Waals surface area contributed by atoms with Gasteiger partial charge in [0, 0.05) is 28.2 Å². The van der Waals surface area contributed by atoms with E-state index in [9.17, 15) is 0 Å². The summed E-state index contributed by atoms with van der Waals surface area (Å²) in [6.45, 7) is 2.19. The maximum Gasteiger partial charge on any atom is 0.0454 e. The van der Waals surface area contributed by atoms with Crippen LogP contribution in [0.4, 0.5) is 0 Å². The van der Waals surface area contributed by atoms with E-state index in [1.165, 1.54) is 12.8 Å². The molecule has 106 valence electrons. The van der Waals surface area contributed by atoms with Gasteiger partial charge in [-0.15, -0.1) is 0 Å². The molecule has 0 aliphatic heterocycles. The van der Waals surface area contributed by atoms with E-state index in [0.717, 1.165) is 28.5 Å². The number of hydrogen-bond donors (Lipinski definition) is 1. The molecule has 0 bridgehead atoms. The SMILES string of the molecule is CC(c1cc(Cl)ccc1Cl)N(C)C1CCC(N)CC1. The van der Waals surface area contributed by atoms with Crippen molar-refractivity contribution in [2.45, 2.75) is 50.7 Å². The minimum absolute atomic E-state index is 0.269. The highest BCUT2D eigenvalue weighted by atomic mass is 35.5. The molecule has 0 radical (unpaired) electrons. The molecule has 0 aromatic heterocycles. The van der Waals surface area contributed by atoms with E-state index in [1.807, 2.05) is 18.2 Å². The Bertz CT molecular complexity index is 428. The van der Waals surface area contributed by atoms with Crippen LogP contribution in [0.1, 0.15) is 44.2 Å². The monoisotopic (exact) mass is 300 g/mol. The molecule has 1 aliphatic carbocycles. The molecule has 19 heavy (non-hydrogen) atoms. The summed E-state index contributed by atoms with van der Waals surface area (Å²) in [5.74, 6) is 0. The van der Waals surface area contributed by atoms with Crippen LogP contribution in [0.2, 0.25) is 10.0 Å². The maximum absolute atomic E-state index is 6.29. The normalized spacial score (nSPS) is 25.6. The number of nitrogens with two attached hydrogens (primary N) is 1. The van der Waals surface area contributed by atoms with Gasteiger partial charge in [0.2, 0.25) is 0 Å². The summed E-state index contributed by atoms with van der Waals surface area (Å²) in [4.78, 5) is 2.41. The first-order chi connectivity index (χ1) is 8.99. The van der Waals surface area contributed by atoms with Gasteiger partial charge in [0.15, 0.2) is 0 Å². The van der Waals surface area contributed by atoms with Gasteiger partial charge >= 0.3 is 0 Å². The average molecular weight is 301 g/mol. The van der Waals surface area contributed by atoms with Crippen molar-refractivity contribution >= 4 is 23.2 Å². The van der Waals surface area contributed by atoms with Crippen molar-refractivity contribution in [2.75, 3.05) is 7.05 Å². The van der Waals surface area contributed by atoms with Crippen LogP contribution in [0.3, 0.4) is 0 Å². The van der Waals surface area contributed by atoms with Crippen LogP contribution in [0.25, 0.3) is 0 Å². The largest absolute Gasteiger partial charge is 0.328 e. The molecule has 2 nitrogen and oxygen atoms in total. The van der Waals surface area contributed by atoms with E-state index < -0.39 is 0 Å². The highest BCUT2D eigenvalue weighted by Crippen LogP contribution is 2.33. The predicted octanol–water partition coefficient (Wildman–Crippen LogP) is 4.26. The van der Waals surface area contributed by atoms with Crippen LogP contribution < -0.4 is 5.73 Å². The molecule has 2 N–H and O–H groups in total. The molecule has 1 fully saturated rings. The van der Waals surface area contributed by atoms with Gasteiger partial charge < -0.3 is 5.73 Å². The zero-order chi connectivity index (χ0) is 14.0. The second-order valence-corrected chi connectivity index (χ2v) is 6.42. The highest BCUT2D eigenvalue weighted by Gasteiger charge is 2.26. The molecule has 0 spiro atoms. The van der Waals surface area contributed by atoms with E-state index in [1.54, 1.807) is 0 Å². The molecule has 1 aliphatic rings. The number of halogens is 2. The Balaban J connectivity index is 2.10. The first-order valence-corrected chi connectivity index (χ1v) is 7.67. The molecular formula is C15H22Cl2N2. The maximum atomic E-state index is 6.29. The summed E-state index contributed by atoms with van der Waals surface area (Å²) < 4.78 is 0. The third-order valence-corrected chi connectivity index (χ3v) is 4.92. The van der Waals surface area contributed by atoms with Gasteiger partial charge in [-0.1, -0.05) is 23.2 Å². The lowest BCUT2D eigenvalue weighted by molar-refractivity contribution is 0.140. The topological polar surface area (TPSA) is 29.3 Å². The minimum Gasteiger partial charge on any atom is -0.328 e. The molecular weight excluding hydrogens is 279 g/mol. The van der Waals surface area contributed by atoms with Gasteiger partial charge in [-0.3, -0.25) is 4.90 Å². The molecule has 0 amide bonds. The third-order valence-electron chi connectivity index (χ3n) is 4.34. The molecule has 1 unspecified atom stereocenters. The summed E-state index contributed by atoms with van der Waals surface area (Å²) in [6.07, 6.45) is 4.57. The first kappa shape index (κ1) is 15.1. The quantitative estimate of drug-likeness (QED) is 0.904. The molecule has 0 saturated heterocycles. The summed E-state index contributed by atoms with van der Waals surface area (Å²) in [5.41, 5.74) is 7.07. The van der Waals surface area contributed by atoms with Crippen molar-refractivity contribution in [2.24, 2.45) is 5.73 Å². The van der Waals surface area contributed by atoms with Crippen LogP contribution >= 0.6 is 23.2 Å². The molecule has 2 rings (SSSR count). The summed E-state index contributed by atoms with van der Waals surface area (Å²) >= 11 is 12.4. The lowest BCUT2D eigenvalue weighted by atomic mass is 9.90. The van der Waals surface area contributed by atoms with Gasteiger partial charge in [0.05, 0.1) is 0 Å². The molecule has 4 heteroatoms. The summed E-state index contributed by atoms with van der Waals surface area (Å²) in [7, 11) is 2.17. The zero-order valence-corrected chi connectivity index (χ0v) is 13.1. The van der Waals surface area contributed by atoms with Crippen molar-refractivity contribution in [1.29, 1.82) is 0 Å². The Kier molecular flexibility index (Phi) is 5.13. The van der Waals surface area contributed by atoms with Crippen molar-refractivity contribution in [3.63, 3.8) is 0 Å². The Hall–Kier alpha value is -0.280. The molecule has 1 atom stereocenters. The van der Waals surface area contributed by atoms with E-state index in [2.05, 4.69) is 18.9 Å². The van der Waals surface area contributed by atoms with Crippen LogP contribution in [0.5, 0.6) is 0 Å². The molecule has 1 saturated carbocycles. The smallest absolute Gasteiger partial charge is 0.0454 e. The Morgan fingerprint density at radius 1 is 1.21 bits per heavy atom. The van der Waals surface area contributed by atoms with E-state index in [-0.39, 0.29) is 6.04 Å². The van der Waals surface area contributed by atoms with E-state index in [0.29, 0.717) is 12.1 Å². The van der Waals surface area contributed by atoms with Crippen LogP contribution in [0, 0.1) is 0 Å². The summed E-state index contributed by atoms with van der Waals surface area (Å²) in [5, 5.41) is 1.53. The van der Waals surface area contributed by atoms with Crippen LogP contribution in [0.15, 0.2) is 18.2 Å².